The Morgan fingerprint density at radius 1 is 1.36 bits per heavy atom. The summed E-state index contributed by atoms with van der Waals surface area (Å²) in [5.41, 5.74) is 5.28. The van der Waals surface area contributed by atoms with E-state index >= 15 is 0 Å². The van der Waals surface area contributed by atoms with Gasteiger partial charge in [0.15, 0.2) is 0 Å². The van der Waals surface area contributed by atoms with Gasteiger partial charge in [-0.2, -0.15) is 13.2 Å². The van der Waals surface area contributed by atoms with E-state index in [1.807, 2.05) is 0 Å². The van der Waals surface area contributed by atoms with E-state index in [4.69, 9.17) is 5.73 Å². The van der Waals surface area contributed by atoms with Gasteiger partial charge in [-0.1, -0.05) is 0 Å². The van der Waals surface area contributed by atoms with Crippen LogP contribution in [0.4, 0.5) is 13.2 Å². The molecule has 1 saturated carbocycles. The van der Waals surface area contributed by atoms with Crippen molar-refractivity contribution in [1.82, 2.24) is 14.8 Å². The molecule has 0 amide bonds. The van der Waals surface area contributed by atoms with E-state index < -0.39 is 12.0 Å². The Bertz CT molecular complexity index is 339. The second-order valence-corrected chi connectivity index (χ2v) is 3.24. The highest BCUT2D eigenvalue weighted by Gasteiger charge is 2.42. The molecule has 78 valence electrons. The first kappa shape index (κ1) is 9.45. The number of alkyl halides is 3. The lowest BCUT2D eigenvalue weighted by molar-refractivity contribution is -0.147. The highest BCUT2D eigenvalue weighted by atomic mass is 19.4. The summed E-state index contributed by atoms with van der Waals surface area (Å²) in [6.07, 6.45) is -2.95. The Labute approximate surface area is 77.9 Å². The molecule has 1 aliphatic rings. The number of nitrogens with zero attached hydrogens (tertiary/aromatic N) is 3. The molecular weight excluding hydrogens is 197 g/mol. The maximum absolute atomic E-state index is 12.4. The van der Waals surface area contributed by atoms with Crippen LogP contribution in [0.1, 0.15) is 30.5 Å². The molecule has 14 heavy (non-hydrogen) atoms. The third-order valence-electron chi connectivity index (χ3n) is 2.11. The van der Waals surface area contributed by atoms with Crippen molar-refractivity contribution in [3.8, 4) is 0 Å². The third kappa shape index (κ3) is 1.47. The highest BCUT2D eigenvalue weighted by molar-refractivity contribution is 5.05. The van der Waals surface area contributed by atoms with Crippen molar-refractivity contribution >= 4 is 0 Å². The van der Waals surface area contributed by atoms with E-state index in [-0.39, 0.29) is 18.4 Å². The van der Waals surface area contributed by atoms with E-state index in [1.165, 1.54) is 0 Å². The summed E-state index contributed by atoms with van der Waals surface area (Å²) in [7, 11) is 0. The summed E-state index contributed by atoms with van der Waals surface area (Å²) in [6.45, 7) is -0.0143. The molecule has 0 aliphatic heterocycles. The minimum Gasteiger partial charge on any atom is -0.324 e. The average molecular weight is 206 g/mol. The molecule has 4 nitrogen and oxygen atoms in total. The number of aromatic nitrogens is 3. The van der Waals surface area contributed by atoms with Gasteiger partial charge < -0.3 is 10.3 Å². The zero-order valence-electron chi connectivity index (χ0n) is 7.25. The van der Waals surface area contributed by atoms with Crippen LogP contribution in [0, 0.1) is 0 Å². The zero-order valence-corrected chi connectivity index (χ0v) is 7.25. The van der Waals surface area contributed by atoms with Crippen LogP contribution in [0.3, 0.4) is 0 Å². The molecule has 2 N–H and O–H groups in total. The Morgan fingerprint density at radius 2 is 2.00 bits per heavy atom. The van der Waals surface area contributed by atoms with Gasteiger partial charge in [-0.15, -0.1) is 10.2 Å². The second-order valence-electron chi connectivity index (χ2n) is 3.24. The molecular formula is C7H9F3N4. The van der Waals surface area contributed by atoms with Crippen molar-refractivity contribution in [2.75, 3.05) is 0 Å². The number of halogens is 3. The van der Waals surface area contributed by atoms with Crippen molar-refractivity contribution in [2.24, 2.45) is 5.73 Å². The molecule has 0 saturated heterocycles. The summed E-state index contributed by atoms with van der Waals surface area (Å²) in [4.78, 5) is 0. The number of rotatable bonds is 2. The second kappa shape index (κ2) is 2.94. The minimum atomic E-state index is -4.44. The number of hydrogen-bond donors (Lipinski definition) is 1. The molecule has 7 heteroatoms. The Hall–Kier alpha value is -1.11. The van der Waals surface area contributed by atoms with Gasteiger partial charge in [0.25, 0.3) is 0 Å². The molecule has 1 heterocycles. The summed E-state index contributed by atoms with van der Waals surface area (Å²) in [6, 6.07) is -0.111. The normalized spacial score (nSPS) is 17.4. The molecule has 1 aliphatic carbocycles. The van der Waals surface area contributed by atoms with Gasteiger partial charge in [0.2, 0.25) is 5.82 Å². The first-order valence-electron chi connectivity index (χ1n) is 4.25. The van der Waals surface area contributed by atoms with Crippen LogP contribution in [-0.4, -0.2) is 14.8 Å². The Morgan fingerprint density at radius 3 is 2.43 bits per heavy atom. The predicted octanol–water partition coefficient (Wildman–Crippen LogP) is 1.09. The van der Waals surface area contributed by atoms with Gasteiger partial charge in [0.1, 0.15) is 5.82 Å². The van der Waals surface area contributed by atoms with Crippen molar-refractivity contribution < 1.29 is 13.2 Å². The summed E-state index contributed by atoms with van der Waals surface area (Å²) < 4.78 is 38.4. The maximum atomic E-state index is 12.4. The molecule has 0 spiro atoms. The van der Waals surface area contributed by atoms with Crippen LogP contribution in [0.5, 0.6) is 0 Å². The first-order valence-corrected chi connectivity index (χ1v) is 4.25. The van der Waals surface area contributed by atoms with Crippen LogP contribution < -0.4 is 5.73 Å². The molecule has 0 atom stereocenters. The van der Waals surface area contributed by atoms with E-state index in [1.54, 1.807) is 0 Å². The highest BCUT2D eigenvalue weighted by Crippen LogP contribution is 2.40. The number of hydrogen-bond acceptors (Lipinski definition) is 3. The predicted molar refractivity (Wildman–Crippen MR) is 41.2 cm³/mol. The van der Waals surface area contributed by atoms with E-state index in [0.717, 1.165) is 17.4 Å². The van der Waals surface area contributed by atoms with Crippen molar-refractivity contribution in [3.05, 3.63) is 11.6 Å². The first-order chi connectivity index (χ1) is 6.54. The lowest BCUT2D eigenvalue weighted by Crippen LogP contribution is -2.16. The SMILES string of the molecule is NCc1nnc(C(F)(F)F)n1C1CC1. The van der Waals surface area contributed by atoms with Crippen LogP contribution in [0.15, 0.2) is 0 Å². The Balaban J connectivity index is 2.44. The van der Waals surface area contributed by atoms with Crippen LogP contribution >= 0.6 is 0 Å². The average Bonchev–Trinajstić information content (AvgIpc) is 2.82. The quantitative estimate of drug-likeness (QED) is 0.788. The van der Waals surface area contributed by atoms with Crippen LogP contribution in [-0.2, 0) is 12.7 Å². The third-order valence-corrected chi connectivity index (χ3v) is 2.11. The fourth-order valence-electron chi connectivity index (χ4n) is 1.37. The molecule has 2 rings (SSSR count). The smallest absolute Gasteiger partial charge is 0.324 e. The molecule has 0 unspecified atom stereocenters. The van der Waals surface area contributed by atoms with Gasteiger partial charge in [0.05, 0.1) is 6.54 Å². The van der Waals surface area contributed by atoms with Gasteiger partial charge in [-0.05, 0) is 12.8 Å². The molecule has 0 aromatic carbocycles. The Kier molecular flexibility index (Phi) is 1.99. The summed E-state index contributed by atoms with van der Waals surface area (Å²) >= 11 is 0. The molecule has 1 fully saturated rings. The van der Waals surface area contributed by atoms with Crippen molar-refractivity contribution in [3.63, 3.8) is 0 Å². The van der Waals surface area contributed by atoms with Crippen molar-refractivity contribution in [1.29, 1.82) is 0 Å². The lowest BCUT2D eigenvalue weighted by Gasteiger charge is -2.09. The van der Waals surface area contributed by atoms with Gasteiger partial charge in [-0.3, -0.25) is 0 Å². The summed E-state index contributed by atoms with van der Waals surface area (Å²) in [5.74, 6) is -0.722. The fourth-order valence-corrected chi connectivity index (χ4v) is 1.37. The standard InChI is InChI=1S/C7H9F3N4/c8-7(9,10)6-13-12-5(3-11)14(6)4-1-2-4/h4H,1-3,11H2. The van der Waals surface area contributed by atoms with E-state index in [0.29, 0.717) is 0 Å². The zero-order chi connectivity index (χ0) is 10.3. The largest absolute Gasteiger partial charge is 0.451 e. The molecule has 0 radical (unpaired) electrons. The van der Waals surface area contributed by atoms with E-state index in [9.17, 15) is 13.2 Å². The minimum absolute atomic E-state index is 0.0143. The monoisotopic (exact) mass is 206 g/mol. The van der Waals surface area contributed by atoms with Crippen molar-refractivity contribution in [2.45, 2.75) is 31.6 Å². The molecule has 1 aromatic rings. The maximum Gasteiger partial charge on any atom is 0.451 e. The van der Waals surface area contributed by atoms with Gasteiger partial charge >= 0.3 is 6.18 Å². The van der Waals surface area contributed by atoms with Crippen LogP contribution in [0.25, 0.3) is 0 Å². The van der Waals surface area contributed by atoms with E-state index in [2.05, 4.69) is 10.2 Å². The number of nitrogens with two attached hydrogens (primary N) is 1. The topological polar surface area (TPSA) is 56.7 Å². The van der Waals surface area contributed by atoms with Gasteiger partial charge in [-0.25, -0.2) is 0 Å². The van der Waals surface area contributed by atoms with Crippen LogP contribution in [0.2, 0.25) is 0 Å². The fraction of sp³-hybridized carbons (Fsp3) is 0.714. The lowest BCUT2D eigenvalue weighted by atomic mass is 10.5. The molecule has 0 bridgehead atoms. The molecule has 1 aromatic heterocycles. The summed E-state index contributed by atoms with van der Waals surface area (Å²) in [5, 5.41) is 6.56. The van der Waals surface area contributed by atoms with Gasteiger partial charge in [0, 0.05) is 6.04 Å².